The van der Waals surface area contributed by atoms with Gasteiger partial charge in [0.2, 0.25) is 15.9 Å². The van der Waals surface area contributed by atoms with E-state index in [2.05, 4.69) is 17.9 Å². The lowest BCUT2D eigenvalue weighted by Crippen LogP contribution is -2.56. The number of piperazine rings is 1. The fraction of sp³-hybridized carbons (Fsp3) is 0.458. The highest BCUT2D eigenvalue weighted by Crippen LogP contribution is 2.34. The molecule has 2 aromatic carbocycles. The first-order valence-electron chi connectivity index (χ1n) is 11.4. The van der Waals surface area contributed by atoms with Gasteiger partial charge in [0.15, 0.2) is 11.5 Å². The van der Waals surface area contributed by atoms with E-state index in [0.717, 1.165) is 12.1 Å². The molecule has 0 aliphatic carbocycles. The summed E-state index contributed by atoms with van der Waals surface area (Å²) in [5, 5.41) is 0. The Morgan fingerprint density at radius 3 is 2.45 bits per heavy atom. The average molecular weight is 472 g/mol. The predicted molar refractivity (Wildman–Crippen MR) is 124 cm³/mol. The van der Waals surface area contributed by atoms with Crippen molar-refractivity contribution in [2.75, 3.05) is 44.3 Å². The maximum atomic E-state index is 13.4. The van der Waals surface area contributed by atoms with Crippen LogP contribution in [0.1, 0.15) is 19.4 Å². The van der Waals surface area contributed by atoms with Gasteiger partial charge in [-0.2, -0.15) is 4.31 Å². The van der Waals surface area contributed by atoms with Crippen molar-refractivity contribution in [3.8, 4) is 11.5 Å². The molecule has 3 aliphatic heterocycles. The van der Waals surface area contributed by atoms with Crippen LogP contribution in [0.25, 0.3) is 0 Å². The van der Waals surface area contributed by atoms with Gasteiger partial charge in [-0.25, -0.2) is 8.42 Å². The maximum Gasteiger partial charge on any atom is 0.244 e. The SMILES string of the molecule is C[C@H](C(=O)N1c2ccccc2C[C@@H]1C)N1CCN(S(=O)(=O)c2ccc3c(c2)OCCO3)CC1. The first-order chi connectivity index (χ1) is 15.9. The summed E-state index contributed by atoms with van der Waals surface area (Å²) in [4.78, 5) is 17.6. The monoisotopic (exact) mass is 471 g/mol. The molecule has 0 aromatic heterocycles. The highest BCUT2D eigenvalue weighted by Gasteiger charge is 2.37. The van der Waals surface area contributed by atoms with Crippen LogP contribution in [0, 0.1) is 0 Å². The van der Waals surface area contributed by atoms with Gasteiger partial charge in [-0.1, -0.05) is 18.2 Å². The van der Waals surface area contributed by atoms with Crippen LogP contribution in [0.15, 0.2) is 47.4 Å². The topological polar surface area (TPSA) is 79.4 Å². The number of rotatable bonds is 4. The summed E-state index contributed by atoms with van der Waals surface area (Å²) >= 11 is 0. The summed E-state index contributed by atoms with van der Waals surface area (Å²) < 4.78 is 38.9. The number of benzene rings is 2. The van der Waals surface area contributed by atoms with Crippen LogP contribution in [-0.2, 0) is 21.2 Å². The molecule has 5 rings (SSSR count). The molecule has 3 heterocycles. The molecule has 2 aromatic rings. The van der Waals surface area contributed by atoms with Crippen LogP contribution in [0.4, 0.5) is 5.69 Å². The van der Waals surface area contributed by atoms with E-state index < -0.39 is 10.0 Å². The quantitative estimate of drug-likeness (QED) is 0.680. The van der Waals surface area contributed by atoms with Crippen LogP contribution >= 0.6 is 0 Å². The van der Waals surface area contributed by atoms with Crippen LogP contribution in [-0.4, -0.2) is 75.0 Å². The lowest BCUT2D eigenvalue weighted by molar-refractivity contribution is -0.124. The zero-order valence-electron chi connectivity index (χ0n) is 18.9. The van der Waals surface area contributed by atoms with Crippen molar-refractivity contribution >= 4 is 21.6 Å². The van der Waals surface area contributed by atoms with Crippen molar-refractivity contribution in [3.63, 3.8) is 0 Å². The van der Waals surface area contributed by atoms with Crippen molar-refractivity contribution in [1.29, 1.82) is 0 Å². The molecule has 0 unspecified atom stereocenters. The third-order valence-corrected chi connectivity index (χ3v) is 8.67. The molecule has 176 valence electrons. The van der Waals surface area contributed by atoms with E-state index in [0.29, 0.717) is 50.9 Å². The number of para-hydroxylation sites is 1. The fourth-order valence-corrected chi connectivity index (χ4v) is 6.36. The molecule has 8 nitrogen and oxygen atoms in total. The number of nitrogens with zero attached hydrogens (tertiary/aromatic N) is 3. The summed E-state index contributed by atoms with van der Waals surface area (Å²) in [5.41, 5.74) is 2.18. The number of sulfonamides is 1. The highest BCUT2D eigenvalue weighted by molar-refractivity contribution is 7.89. The zero-order valence-corrected chi connectivity index (χ0v) is 19.8. The largest absolute Gasteiger partial charge is 0.486 e. The standard InChI is InChI=1S/C24H29N3O5S/c1-17-15-19-5-3-4-6-21(19)27(17)24(28)18(2)25-9-11-26(12-10-25)33(29,30)20-7-8-22-23(16-20)32-14-13-31-22/h3-8,16-18H,9-15H2,1-2H3/t17-,18+/m0/s1. The van der Waals surface area contributed by atoms with Crippen molar-refractivity contribution in [2.24, 2.45) is 0 Å². The first kappa shape index (κ1) is 22.2. The van der Waals surface area contributed by atoms with Gasteiger partial charge >= 0.3 is 0 Å². The third kappa shape index (κ3) is 3.98. The number of anilines is 1. The van der Waals surface area contributed by atoms with Gasteiger partial charge in [0.25, 0.3) is 0 Å². The van der Waals surface area contributed by atoms with E-state index in [1.165, 1.54) is 15.9 Å². The van der Waals surface area contributed by atoms with Crippen LogP contribution in [0.5, 0.6) is 11.5 Å². The molecule has 0 spiro atoms. The van der Waals surface area contributed by atoms with E-state index >= 15 is 0 Å². The highest BCUT2D eigenvalue weighted by atomic mass is 32.2. The van der Waals surface area contributed by atoms with Gasteiger partial charge in [-0.05, 0) is 44.0 Å². The Labute approximate surface area is 194 Å². The van der Waals surface area contributed by atoms with E-state index in [1.807, 2.05) is 30.0 Å². The van der Waals surface area contributed by atoms with Crippen molar-refractivity contribution in [1.82, 2.24) is 9.21 Å². The van der Waals surface area contributed by atoms with Crippen molar-refractivity contribution in [2.45, 2.75) is 37.2 Å². The van der Waals surface area contributed by atoms with Gasteiger partial charge < -0.3 is 14.4 Å². The van der Waals surface area contributed by atoms with E-state index in [1.54, 1.807) is 12.1 Å². The molecule has 1 saturated heterocycles. The molecule has 1 amide bonds. The lowest BCUT2D eigenvalue weighted by Gasteiger charge is -2.38. The second-order valence-electron chi connectivity index (χ2n) is 8.81. The van der Waals surface area contributed by atoms with Crippen LogP contribution in [0.2, 0.25) is 0 Å². The molecule has 0 radical (unpaired) electrons. The molecular weight excluding hydrogens is 442 g/mol. The Bertz CT molecular complexity index is 1160. The number of carbonyl (C=O) groups is 1. The summed E-state index contributed by atoms with van der Waals surface area (Å²) in [6, 6.07) is 12.6. The summed E-state index contributed by atoms with van der Waals surface area (Å²) in [7, 11) is -3.65. The normalized spacial score (nSPS) is 22.1. The molecule has 0 saturated carbocycles. The van der Waals surface area contributed by atoms with Crippen LogP contribution < -0.4 is 14.4 Å². The molecule has 9 heteroatoms. The summed E-state index contributed by atoms with van der Waals surface area (Å²) in [6.45, 7) is 6.52. The first-order valence-corrected chi connectivity index (χ1v) is 12.8. The minimum Gasteiger partial charge on any atom is -0.486 e. The third-order valence-electron chi connectivity index (χ3n) is 6.77. The summed E-state index contributed by atoms with van der Waals surface area (Å²) in [5.74, 6) is 1.09. The molecule has 1 fully saturated rings. The van der Waals surface area contributed by atoms with E-state index in [9.17, 15) is 13.2 Å². The molecule has 2 atom stereocenters. The van der Waals surface area contributed by atoms with Gasteiger partial charge in [0, 0.05) is 44.0 Å². The Kier molecular flexibility index (Phi) is 5.80. The second-order valence-corrected chi connectivity index (χ2v) is 10.7. The molecule has 33 heavy (non-hydrogen) atoms. The average Bonchev–Trinajstić information content (AvgIpc) is 3.18. The van der Waals surface area contributed by atoms with Gasteiger partial charge in [-0.15, -0.1) is 0 Å². The number of fused-ring (bicyclic) bond motifs is 2. The molecule has 0 bridgehead atoms. The minimum absolute atomic E-state index is 0.0654. The minimum atomic E-state index is -3.65. The zero-order chi connectivity index (χ0) is 23.2. The number of amides is 1. The number of hydrogen-bond donors (Lipinski definition) is 0. The van der Waals surface area contributed by atoms with Crippen molar-refractivity contribution in [3.05, 3.63) is 48.0 Å². The fourth-order valence-electron chi connectivity index (χ4n) is 4.92. The Hall–Kier alpha value is -2.62. The predicted octanol–water partition coefficient (Wildman–Crippen LogP) is 2.13. The molecular formula is C24H29N3O5S. The Balaban J connectivity index is 1.26. The van der Waals surface area contributed by atoms with E-state index in [4.69, 9.17) is 9.47 Å². The number of ether oxygens (including phenoxy) is 2. The van der Waals surface area contributed by atoms with Gasteiger partial charge in [0.1, 0.15) is 13.2 Å². The summed E-state index contributed by atoms with van der Waals surface area (Å²) in [6.07, 6.45) is 0.857. The number of carbonyl (C=O) groups excluding carboxylic acids is 1. The van der Waals surface area contributed by atoms with Crippen molar-refractivity contribution < 1.29 is 22.7 Å². The molecule has 0 N–H and O–H groups in total. The van der Waals surface area contributed by atoms with E-state index in [-0.39, 0.29) is 22.9 Å². The van der Waals surface area contributed by atoms with Crippen LogP contribution in [0.3, 0.4) is 0 Å². The maximum absolute atomic E-state index is 13.4. The van der Waals surface area contributed by atoms with Gasteiger partial charge in [-0.3, -0.25) is 9.69 Å². The second kappa shape index (κ2) is 8.62. The lowest BCUT2D eigenvalue weighted by atomic mass is 10.1. The molecule has 3 aliphatic rings. The Morgan fingerprint density at radius 2 is 1.70 bits per heavy atom. The Morgan fingerprint density at radius 1 is 1.00 bits per heavy atom. The van der Waals surface area contributed by atoms with Gasteiger partial charge in [0.05, 0.1) is 10.9 Å². The number of hydrogen-bond acceptors (Lipinski definition) is 6. The smallest absolute Gasteiger partial charge is 0.244 e.